The molecule has 1 saturated carbocycles. The van der Waals surface area contributed by atoms with E-state index in [1.54, 1.807) is 0 Å². The number of hydrogen-bond donors (Lipinski definition) is 1. The molecule has 0 bridgehead atoms. The molecule has 1 aromatic rings. The highest BCUT2D eigenvalue weighted by Crippen LogP contribution is 2.33. The van der Waals surface area contributed by atoms with Gasteiger partial charge in [-0.05, 0) is 43.0 Å². The summed E-state index contributed by atoms with van der Waals surface area (Å²) in [6, 6.07) is 9.91. The van der Waals surface area contributed by atoms with E-state index in [-0.39, 0.29) is 0 Å². The largest absolute Gasteiger partial charge is 0.313 e. The van der Waals surface area contributed by atoms with Crippen molar-refractivity contribution >= 4 is 11.8 Å². The first-order valence-corrected chi connectivity index (χ1v) is 9.08. The van der Waals surface area contributed by atoms with E-state index in [4.69, 9.17) is 0 Å². The van der Waals surface area contributed by atoms with Gasteiger partial charge < -0.3 is 5.32 Å². The molecular weight excluding hydrogens is 262 g/mol. The monoisotopic (exact) mass is 291 g/mol. The second-order valence-corrected chi connectivity index (χ2v) is 7.49. The van der Waals surface area contributed by atoms with Gasteiger partial charge in [-0.2, -0.15) is 0 Å². The molecule has 1 aliphatic rings. The van der Waals surface area contributed by atoms with Crippen LogP contribution in [0.3, 0.4) is 0 Å². The molecule has 2 unspecified atom stereocenters. The minimum Gasteiger partial charge on any atom is -0.313 e. The summed E-state index contributed by atoms with van der Waals surface area (Å²) < 4.78 is 0. The molecule has 1 aromatic carbocycles. The Morgan fingerprint density at radius 2 is 1.80 bits per heavy atom. The van der Waals surface area contributed by atoms with Gasteiger partial charge in [0.05, 0.1) is 0 Å². The van der Waals surface area contributed by atoms with Gasteiger partial charge in [-0.25, -0.2) is 0 Å². The summed E-state index contributed by atoms with van der Waals surface area (Å²) >= 11 is 2.08. The Balaban J connectivity index is 2.01. The van der Waals surface area contributed by atoms with E-state index in [0.717, 1.165) is 11.8 Å². The van der Waals surface area contributed by atoms with Crippen LogP contribution in [0.4, 0.5) is 0 Å². The van der Waals surface area contributed by atoms with Gasteiger partial charge in [0, 0.05) is 16.2 Å². The predicted octanol–water partition coefficient (Wildman–Crippen LogP) is 5.21. The maximum Gasteiger partial charge on any atom is 0.0248 e. The Hall–Kier alpha value is -0.470. The molecule has 0 aliphatic heterocycles. The van der Waals surface area contributed by atoms with Crippen LogP contribution >= 0.6 is 11.8 Å². The molecule has 1 nitrogen and oxygen atoms in total. The molecule has 112 valence electrons. The van der Waals surface area contributed by atoms with Gasteiger partial charge in [0.25, 0.3) is 0 Å². The summed E-state index contributed by atoms with van der Waals surface area (Å²) in [5, 5.41) is 4.44. The van der Waals surface area contributed by atoms with E-state index >= 15 is 0 Å². The van der Waals surface area contributed by atoms with Gasteiger partial charge in [0.2, 0.25) is 0 Å². The van der Waals surface area contributed by atoms with Gasteiger partial charge in [-0.1, -0.05) is 52.2 Å². The van der Waals surface area contributed by atoms with Crippen LogP contribution in [-0.2, 0) is 0 Å². The fraction of sp³-hybridized carbons (Fsp3) is 0.667. The molecule has 0 spiro atoms. The van der Waals surface area contributed by atoms with Crippen molar-refractivity contribution in [2.75, 3.05) is 6.54 Å². The average molecular weight is 292 g/mol. The molecule has 1 N–H and O–H groups in total. The lowest BCUT2D eigenvalue weighted by atomic mass is 10.0. The van der Waals surface area contributed by atoms with Gasteiger partial charge in [-0.15, -0.1) is 11.8 Å². The zero-order valence-electron chi connectivity index (χ0n) is 13.2. The lowest BCUT2D eigenvalue weighted by molar-refractivity contribution is 0.482. The summed E-state index contributed by atoms with van der Waals surface area (Å²) in [5.74, 6) is 0.626. The fourth-order valence-corrected chi connectivity index (χ4v) is 4.34. The molecule has 2 atom stereocenters. The highest BCUT2D eigenvalue weighted by Gasteiger charge is 2.23. The summed E-state index contributed by atoms with van der Waals surface area (Å²) in [4.78, 5) is 1.43. The quantitative estimate of drug-likeness (QED) is 0.747. The molecule has 0 radical (unpaired) electrons. The van der Waals surface area contributed by atoms with Crippen LogP contribution in [0, 0.1) is 0 Å². The minimum atomic E-state index is 0.626. The number of benzene rings is 1. The van der Waals surface area contributed by atoms with Crippen molar-refractivity contribution in [3.05, 3.63) is 29.8 Å². The van der Waals surface area contributed by atoms with E-state index in [2.05, 4.69) is 62.1 Å². The maximum atomic E-state index is 3.70. The molecule has 1 fully saturated rings. The summed E-state index contributed by atoms with van der Waals surface area (Å²) in [6.45, 7) is 7.83. The first kappa shape index (κ1) is 15.9. The normalized spacial score (nSPS) is 23.8. The Kier molecular flexibility index (Phi) is 6.44. The van der Waals surface area contributed by atoms with Crippen LogP contribution < -0.4 is 5.32 Å². The number of thioether (sulfide) groups is 1. The van der Waals surface area contributed by atoms with Crippen molar-refractivity contribution in [2.24, 2.45) is 0 Å². The maximum absolute atomic E-state index is 3.70. The summed E-state index contributed by atoms with van der Waals surface area (Å²) in [6.07, 6.45) is 6.89. The molecular formula is C18H29NS. The average Bonchev–Trinajstić information content (AvgIpc) is 2.66. The fourth-order valence-electron chi connectivity index (χ4n) is 3.02. The molecule has 0 amide bonds. The minimum absolute atomic E-state index is 0.626. The van der Waals surface area contributed by atoms with E-state index < -0.39 is 0 Å². The van der Waals surface area contributed by atoms with Gasteiger partial charge >= 0.3 is 0 Å². The Morgan fingerprint density at radius 3 is 2.45 bits per heavy atom. The van der Waals surface area contributed by atoms with Crippen molar-refractivity contribution < 1.29 is 0 Å². The van der Waals surface area contributed by atoms with Crippen LogP contribution in [0.25, 0.3) is 0 Å². The molecule has 0 aromatic heterocycles. The lowest BCUT2D eigenvalue weighted by Crippen LogP contribution is -2.37. The van der Waals surface area contributed by atoms with Gasteiger partial charge in [0.1, 0.15) is 0 Å². The Labute approximate surface area is 128 Å². The van der Waals surface area contributed by atoms with Crippen LogP contribution in [0.15, 0.2) is 29.2 Å². The smallest absolute Gasteiger partial charge is 0.0248 e. The zero-order valence-corrected chi connectivity index (χ0v) is 14.0. The summed E-state index contributed by atoms with van der Waals surface area (Å²) in [5.41, 5.74) is 1.44. The first-order valence-electron chi connectivity index (χ1n) is 8.20. The van der Waals surface area contributed by atoms with Crippen LogP contribution in [-0.4, -0.2) is 17.8 Å². The second kappa shape index (κ2) is 8.09. The van der Waals surface area contributed by atoms with Crippen LogP contribution in [0.2, 0.25) is 0 Å². The Morgan fingerprint density at radius 1 is 1.10 bits per heavy atom. The topological polar surface area (TPSA) is 12.0 Å². The number of hydrogen-bond acceptors (Lipinski definition) is 2. The second-order valence-electron chi connectivity index (χ2n) is 6.18. The highest BCUT2D eigenvalue weighted by atomic mass is 32.2. The van der Waals surface area contributed by atoms with Crippen molar-refractivity contribution in [3.63, 3.8) is 0 Å². The molecule has 1 aliphatic carbocycles. The van der Waals surface area contributed by atoms with Gasteiger partial charge in [0.15, 0.2) is 0 Å². The third-order valence-electron chi connectivity index (χ3n) is 4.25. The third kappa shape index (κ3) is 4.53. The standard InChI is InChI=1S/C18H29NS/c1-4-19-17-8-6-5-7-9-18(17)20-16-12-10-15(11-13-16)14(2)3/h10-14,17-19H,4-9H2,1-3H3. The lowest BCUT2D eigenvalue weighted by Gasteiger charge is -2.25. The Bertz CT molecular complexity index is 385. The number of rotatable bonds is 5. The van der Waals surface area contributed by atoms with Crippen molar-refractivity contribution in [3.8, 4) is 0 Å². The van der Waals surface area contributed by atoms with Crippen molar-refractivity contribution in [1.29, 1.82) is 0 Å². The molecule has 0 heterocycles. The van der Waals surface area contributed by atoms with E-state index in [1.165, 1.54) is 42.6 Å². The molecule has 0 saturated heterocycles. The number of nitrogens with one attached hydrogen (secondary N) is 1. The van der Waals surface area contributed by atoms with E-state index in [1.807, 2.05) is 0 Å². The predicted molar refractivity (Wildman–Crippen MR) is 90.7 cm³/mol. The molecule has 20 heavy (non-hydrogen) atoms. The van der Waals surface area contributed by atoms with Crippen LogP contribution in [0.5, 0.6) is 0 Å². The third-order valence-corrected chi connectivity index (χ3v) is 5.66. The van der Waals surface area contributed by atoms with Crippen LogP contribution in [0.1, 0.15) is 64.4 Å². The SMILES string of the molecule is CCNC1CCCCCC1Sc1ccc(C(C)C)cc1. The summed E-state index contributed by atoms with van der Waals surface area (Å²) in [7, 11) is 0. The highest BCUT2D eigenvalue weighted by molar-refractivity contribution is 8.00. The van der Waals surface area contributed by atoms with Crippen molar-refractivity contribution in [1.82, 2.24) is 5.32 Å². The van der Waals surface area contributed by atoms with E-state index in [9.17, 15) is 0 Å². The molecule has 2 heteroatoms. The van der Waals surface area contributed by atoms with E-state index in [0.29, 0.717) is 12.0 Å². The zero-order chi connectivity index (χ0) is 14.4. The molecule has 2 rings (SSSR count). The first-order chi connectivity index (χ1) is 9.70. The van der Waals surface area contributed by atoms with Gasteiger partial charge in [-0.3, -0.25) is 0 Å². The van der Waals surface area contributed by atoms with Crippen molar-refractivity contribution in [2.45, 2.75) is 75.0 Å².